The second kappa shape index (κ2) is 5.00. The second-order valence-electron chi connectivity index (χ2n) is 4.88. The van der Waals surface area contributed by atoms with Crippen molar-refractivity contribution in [3.8, 4) is 11.3 Å². The van der Waals surface area contributed by atoms with Crippen LogP contribution in [-0.4, -0.2) is 20.6 Å². The van der Waals surface area contributed by atoms with E-state index < -0.39 is 10.9 Å². The van der Waals surface area contributed by atoms with E-state index in [0.29, 0.717) is 22.2 Å². The Bertz CT molecular complexity index is 912. The quantitative estimate of drug-likeness (QED) is 0.592. The van der Waals surface area contributed by atoms with Gasteiger partial charge >= 0.3 is 5.97 Å². The summed E-state index contributed by atoms with van der Waals surface area (Å²) < 4.78 is 1.68. The average Bonchev–Trinajstić information content (AvgIpc) is 2.81. The molecule has 1 heterocycles. The van der Waals surface area contributed by atoms with Gasteiger partial charge in [-0.25, -0.2) is 4.79 Å². The van der Waals surface area contributed by atoms with E-state index in [1.54, 1.807) is 54.1 Å². The van der Waals surface area contributed by atoms with Crippen LogP contribution in [0.5, 0.6) is 0 Å². The number of nitrogens with zero attached hydrogens (tertiary/aromatic N) is 2. The van der Waals surface area contributed by atoms with Crippen LogP contribution < -0.4 is 0 Å². The number of rotatable bonds is 3. The topological polar surface area (TPSA) is 85.4 Å². The summed E-state index contributed by atoms with van der Waals surface area (Å²) in [4.78, 5) is 22.5. The Hall–Kier alpha value is -3.15. The zero-order valence-electron chi connectivity index (χ0n) is 11.7. The molecule has 0 aliphatic heterocycles. The molecule has 0 spiro atoms. The lowest BCUT2D eigenvalue weighted by atomic mass is 10.0. The highest BCUT2D eigenvalue weighted by Gasteiger charge is 2.26. The zero-order chi connectivity index (χ0) is 15.9. The molecule has 0 saturated carbocycles. The molecule has 1 N–H and O–H groups in total. The number of hydrogen-bond donors (Lipinski definition) is 1. The second-order valence-corrected chi connectivity index (χ2v) is 4.88. The van der Waals surface area contributed by atoms with E-state index >= 15 is 0 Å². The van der Waals surface area contributed by atoms with Crippen LogP contribution in [0.3, 0.4) is 0 Å². The van der Waals surface area contributed by atoms with Crippen LogP contribution in [0.25, 0.3) is 22.2 Å². The minimum atomic E-state index is -1.11. The molecule has 0 unspecified atom stereocenters. The summed E-state index contributed by atoms with van der Waals surface area (Å²) in [5, 5.41) is 21.4. The lowest BCUT2D eigenvalue weighted by Crippen LogP contribution is -2.02. The number of carboxylic acids is 1. The van der Waals surface area contributed by atoms with Crippen LogP contribution in [-0.2, 0) is 7.05 Å². The molecule has 0 aliphatic rings. The van der Waals surface area contributed by atoms with E-state index in [1.807, 2.05) is 0 Å². The third kappa shape index (κ3) is 1.93. The van der Waals surface area contributed by atoms with Crippen molar-refractivity contribution >= 4 is 22.6 Å². The van der Waals surface area contributed by atoms with Gasteiger partial charge in [0.05, 0.1) is 21.7 Å². The zero-order valence-corrected chi connectivity index (χ0v) is 11.7. The minimum absolute atomic E-state index is 0.0763. The molecule has 3 rings (SSSR count). The van der Waals surface area contributed by atoms with Gasteiger partial charge in [-0.3, -0.25) is 10.1 Å². The number of fused-ring (bicyclic) bond motifs is 1. The largest absolute Gasteiger partial charge is 0.478 e. The maximum Gasteiger partial charge on any atom is 0.338 e. The Labute approximate surface area is 125 Å². The molecule has 0 fully saturated rings. The highest BCUT2D eigenvalue weighted by molar-refractivity contribution is 6.10. The van der Waals surface area contributed by atoms with Crippen LogP contribution in [0.15, 0.2) is 48.5 Å². The fraction of sp³-hybridized carbons (Fsp3) is 0.0625. The molecule has 0 atom stereocenters. The molecule has 2 aromatic carbocycles. The fourth-order valence-corrected chi connectivity index (χ4v) is 2.76. The lowest BCUT2D eigenvalue weighted by Gasteiger charge is -2.07. The van der Waals surface area contributed by atoms with Crippen LogP contribution in [0.1, 0.15) is 10.4 Å². The Balaban J connectivity index is 2.47. The van der Waals surface area contributed by atoms with Gasteiger partial charge in [0.15, 0.2) is 0 Å². The number of aromatic carboxylic acids is 1. The molecular weight excluding hydrogens is 284 g/mol. The molecule has 0 radical (unpaired) electrons. The molecule has 0 saturated heterocycles. The van der Waals surface area contributed by atoms with E-state index in [1.165, 1.54) is 6.07 Å². The number of aromatic nitrogens is 1. The van der Waals surface area contributed by atoms with Crippen molar-refractivity contribution in [1.82, 2.24) is 4.57 Å². The first-order valence-electron chi connectivity index (χ1n) is 6.57. The van der Waals surface area contributed by atoms with Crippen molar-refractivity contribution in [2.24, 2.45) is 7.05 Å². The predicted octanol–water partition coefficient (Wildman–Crippen LogP) is 3.45. The maximum absolute atomic E-state index is 11.7. The number of hydrogen-bond acceptors (Lipinski definition) is 3. The third-order valence-corrected chi connectivity index (χ3v) is 3.68. The Morgan fingerprint density at radius 1 is 1.14 bits per heavy atom. The standard InChI is InChI=1S/C16H12N2O4/c1-17-12-8-4-2-6-10(12)14(16(19)20)15(17)11-7-3-5-9-13(11)18(21)22/h2-9H,1H3,(H,19,20). The van der Waals surface area contributed by atoms with Gasteiger partial charge in [-0.1, -0.05) is 30.3 Å². The van der Waals surface area contributed by atoms with Crippen molar-refractivity contribution in [3.05, 3.63) is 64.2 Å². The van der Waals surface area contributed by atoms with Crippen molar-refractivity contribution < 1.29 is 14.8 Å². The Kier molecular flexibility index (Phi) is 3.14. The molecule has 22 heavy (non-hydrogen) atoms. The van der Waals surface area contributed by atoms with Gasteiger partial charge in [-0.05, 0) is 12.1 Å². The first-order valence-corrected chi connectivity index (χ1v) is 6.57. The van der Waals surface area contributed by atoms with Gasteiger partial charge in [-0.2, -0.15) is 0 Å². The fourth-order valence-electron chi connectivity index (χ4n) is 2.76. The van der Waals surface area contributed by atoms with Crippen molar-refractivity contribution in [2.45, 2.75) is 0 Å². The van der Waals surface area contributed by atoms with Gasteiger partial charge in [0, 0.05) is 24.0 Å². The molecule has 0 amide bonds. The molecule has 1 aromatic heterocycles. The summed E-state index contributed by atoms with van der Waals surface area (Å²) in [5.74, 6) is -1.11. The predicted molar refractivity (Wildman–Crippen MR) is 82.0 cm³/mol. The summed E-state index contributed by atoms with van der Waals surface area (Å²) in [6.07, 6.45) is 0. The van der Waals surface area contributed by atoms with E-state index in [4.69, 9.17) is 0 Å². The third-order valence-electron chi connectivity index (χ3n) is 3.68. The summed E-state index contributed by atoms with van der Waals surface area (Å²) in [7, 11) is 1.71. The van der Waals surface area contributed by atoms with Crippen molar-refractivity contribution in [3.63, 3.8) is 0 Å². The average molecular weight is 296 g/mol. The number of nitro benzene ring substituents is 1. The smallest absolute Gasteiger partial charge is 0.338 e. The molecule has 0 aliphatic carbocycles. The highest BCUT2D eigenvalue weighted by atomic mass is 16.6. The van der Waals surface area contributed by atoms with E-state index in [2.05, 4.69) is 0 Å². The number of carboxylic acid groups (broad SMARTS) is 1. The molecular formula is C16H12N2O4. The van der Waals surface area contributed by atoms with Crippen LogP contribution in [0.4, 0.5) is 5.69 Å². The van der Waals surface area contributed by atoms with Gasteiger partial charge in [-0.15, -0.1) is 0 Å². The van der Waals surface area contributed by atoms with Crippen LogP contribution in [0, 0.1) is 10.1 Å². The highest BCUT2D eigenvalue weighted by Crippen LogP contribution is 2.37. The minimum Gasteiger partial charge on any atom is -0.478 e. The Morgan fingerprint density at radius 3 is 2.45 bits per heavy atom. The van der Waals surface area contributed by atoms with Crippen LogP contribution in [0.2, 0.25) is 0 Å². The van der Waals surface area contributed by atoms with E-state index in [9.17, 15) is 20.0 Å². The van der Waals surface area contributed by atoms with E-state index in [-0.39, 0.29) is 11.3 Å². The SMILES string of the molecule is Cn1c(-c2ccccc2[N+](=O)[O-])c(C(=O)O)c2ccccc21. The van der Waals surface area contributed by atoms with E-state index in [0.717, 1.165) is 0 Å². The van der Waals surface area contributed by atoms with Gasteiger partial charge in [0.2, 0.25) is 0 Å². The molecule has 0 bridgehead atoms. The first-order chi connectivity index (χ1) is 10.5. The first kappa shape index (κ1) is 13.8. The molecule has 6 heteroatoms. The normalized spacial score (nSPS) is 10.8. The number of carbonyl (C=O) groups is 1. The number of benzene rings is 2. The van der Waals surface area contributed by atoms with Crippen LogP contribution >= 0.6 is 0 Å². The lowest BCUT2D eigenvalue weighted by molar-refractivity contribution is -0.384. The summed E-state index contributed by atoms with van der Waals surface area (Å²) in [6.45, 7) is 0. The number of nitro groups is 1. The summed E-state index contributed by atoms with van der Waals surface area (Å²) >= 11 is 0. The van der Waals surface area contributed by atoms with Gasteiger partial charge in [0.1, 0.15) is 0 Å². The van der Waals surface area contributed by atoms with Gasteiger partial charge < -0.3 is 9.67 Å². The summed E-state index contributed by atoms with van der Waals surface area (Å²) in [5.41, 5.74) is 1.31. The maximum atomic E-state index is 11.7. The molecule has 3 aromatic rings. The monoisotopic (exact) mass is 296 g/mol. The van der Waals surface area contributed by atoms with Crippen molar-refractivity contribution in [2.75, 3.05) is 0 Å². The Morgan fingerprint density at radius 2 is 1.77 bits per heavy atom. The number of para-hydroxylation sites is 2. The molecule has 110 valence electrons. The van der Waals surface area contributed by atoms with Crippen molar-refractivity contribution in [1.29, 1.82) is 0 Å². The molecule has 6 nitrogen and oxygen atoms in total. The number of aryl methyl sites for hydroxylation is 1. The van der Waals surface area contributed by atoms with Gasteiger partial charge in [0.25, 0.3) is 5.69 Å². The summed E-state index contributed by atoms with van der Waals surface area (Å²) in [6, 6.07) is 13.2.